The first kappa shape index (κ1) is 16.4. The van der Waals surface area contributed by atoms with Gasteiger partial charge in [-0.05, 0) is 31.9 Å². The Morgan fingerprint density at radius 2 is 2.00 bits per heavy atom. The number of rotatable bonds is 4. The van der Waals surface area contributed by atoms with Gasteiger partial charge < -0.3 is 4.74 Å². The molecule has 3 rings (SSSR count). The van der Waals surface area contributed by atoms with Gasteiger partial charge in [0, 0.05) is 4.88 Å². The third-order valence-electron chi connectivity index (χ3n) is 4.10. The van der Waals surface area contributed by atoms with Crippen molar-refractivity contribution in [2.45, 2.75) is 33.4 Å². The Hall–Kier alpha value is -2.47. The molecule has 0 amide bonds. The summed E-state index contributed by atoms with van der Waals surface area (Å²) < 4.78 is 6.67. The maximum atomic E-state index is 12.7. The van der Waals surface area contributed by atoms with Crippen molar-refractivity contribution in [2.24, 2.45) is 0 Å². The lowest BCUT2D eigenvalue weighted by atomic mass is 10.2. The number of esters is 1. The molecule has 0 unspecified atom stereocenters. The summed E-state index contributed by atoms with van der Waals surface area (Å²) in [5, 5.41) is 0.586. The average Bonchev–Trinajstić information content (AvgIpc) is 2.88. The van der Waals surface area contributed by atoms with Gasteiger partial charge in [-0.1, -0.05) is 30.3 Å². The van der Waals surface area contributed by atoms with Crippen molar-refractivity contribution in [3.05, 3.63) is 63.0 Å². The highest BCUT2D eigenvalue weighted by Crippen LogP contribution is 2.26. The van der Waals surface area contributed by atoms with Crippen LogP contribution >= 0.6 is 11.3 Å². The van der Waals surface area contributed by atoms with E-state index < -0.39 is 12.0 Å². The normalized spacial score (nSPS) is 12.3. The third-order valence-corrected chi connectivity index (χ3v) is 5.21. The van der Waals surface area contributed by atoms with Crippen molar-refractivity contribution in [1.29, 1.82) is 0 Å². The van der Waals surface area contributed by atoms with Crippen LogP contribution in [-0.2, 0) is 16.1 Å². The minimum atomic E-state index is -0.724. The first-order valence-electron chi connectivity index (χ1n) is 7.66. The summed E-state index contributed by atoms with van der Waals surface area (Å²) in [5.74, 6) is -0.452. The second kappa shape index (κ2) is 6.57. The van der Waals surface area contributed by atoms with Crippen LogP contribution in [0, 0.1) is 13.8 Å². The first-order chi connectivity index (χ1) is 11.5. The average molecular weight is 342 g/mol. The van der Waals surface area contributed by atoms with Crippen LogP contribution in [0.15, 0.2) is 41.5 Å². The lowest BCUT2D eigenvalue weighted by Crippen LogP contribution is -2.29. The van der Waals surface area contributed by atoms with Crippen LogP contribution in [0.2, 0.25) is 0 Å². The topological polar surface area (TPSA) is 61.2 Å². The number of hydrogen-bond donors (Lipinski definition) is 0. The third kappa shape index (κ3) is 2.97. The van der Waals surface area contributed by atoms with Gasteiger partial charge in [-0.15, -0.1) is 11.3 Å². The lowest BCUT2D eigenvalue weighted by molar-refractivity contribution is -0.148. The van der Waals surface area contributed by atoms with E-state index in [4.69, 9.17) is 4.74 Å². The van der Waals surface area contributed by atoms with Crippen molar-refractivity contribution in [3.63, 3.8) is 0 Å². The maximum absolute atomic E-state index is 12.7. The zero-order chi connectivity index (χ0) is 17.3. The highest BCUT2D eigenvalue weighted by molar-refractivity contribution is 7.18. The quantitative estimate of drug-likeness (QED) is 0.682. The summed E-state index contributed by atoms with van der Waals surface area (Å²) in [6.45, 7) is 5.70. The molecule has 24 heavy (non-hydrogen) atoms. The molecule has 0 fully saturated rings. The van der Waals surface area contributed by atoms with Crippen LogP contribution in [0.4, 0.5) is 0 Å². The van der Waals surface area contributed by atoms with Crippen LogP contribution < -0.4 is 5.56 Å². The predicted octanol–water partition coefficient (Wildman–Crippen LogP) is 3.38. The van der Waals surface area contributed by atoms with Crippen LogP contribution in [0.3, 0.4) is 0 Å². The fourth-order valence-electron chi connectivity index (χ4n) is 2.49. The predicted molar refractivity (Wildman–Crippen MR) is 94.3 cm³/mol. The van der Waals surface area contributed by atoms with E-state index in [1.165, 1.54) is 22.2 Å². The van der Waals surface area contributed by atoms with Crippen LogP contribution in [0.5, 0.6) is 0 Å². The zero-order valence-electron chi connectivity index (χ0n) is 13.8. The summed E-state index contributed by atoms with van der Waals surface area (Å²) in [4.78, 5) is 31.1. The summed E-state index contributed by atoms with van der Waals surface area (Å²) >= 11 is 1.49. The number of carbonyl (C=O) groups is 1. The van der Waals surface area contributed by atoms with Crippen molar-refractivity contribution >= 4 is 27.5 Å². The molecule has 0 radical (unpaired) electrons. The molecule has 2 aromatic heterocycles. The molecule has 6 heteroatoms. The lowest BCUT2D eigenvalue weighted by Gasteiger charge is -2.14. The molecular weight excluding hydrogens is 324 g/mol. The molecule has 0 saturated carbocycles. The first-order valence-corrected chi connectivity index (χ1v) is 8.48. The molecule has 0 N–H and O–H groups in total. The standard InChI is InChI=1S/C18H18N2O3S/c1-11-13(3)24-16-15(11)17(21)20(10-19-16)12(2)18(22)23-9-14-7-5-4-6-8-14/h4-8,10,12H,9H2,1-3H3/t12-/m1/s1. The van der Waals surface area contributed by atoms with Crippen molar-refractivity contribution < 1.29 is 9.53 Å². The number of aromatic nitrogens is 2. The number of carbonyl (C=O) groups excluding carboxylic acids is 1. The molecular formula is C18H18N2O3S. The molecule has 0 saturated heterocycles. The van der Waals surface area contributed by atoms with Gasteiger partial charge in [0.25, 0.3) is 5.56 Å². The number of fused-ring (bicyclic) bond motifs is 1. The number of hydrogen-bond acceptors (Lipinski definition) is 5. The molecule has 124 valence electrons. The number of thiophene rings is 1. The van der Waals surface area contributed by atoms with E-state index in [9.17, 15) is 9.59 Å². The van der Waals surface area contributed by atoms with Crippen LogP contribution in [0.25, 0.3) is 10.2 Å². The summed E-state index contributed by atoms with van der Waals surface area (Å²) in [5.41, 5.74) is 1.63. The largest absolute Gasteiger partial charge is 0.459 e. The molecule has 1 aromatic carbocycles. The molecule has 1 atom stereocenters. The Bertz CT molecular complexity index is 944. The highest BCUT2D eigenvalue weighted by Gasteiger charge is 2.21. The smallest absolute Gasteiger partial charge is 0.329 e. The second-order valence-electron chi connectivity index (χ2n) is 5.69. The molecule has 0 aliphatic heterocycles. The van der Waals surface area contributed by atoms with E-state index in [2.05, 4.69) is 4.98 Å². The summed E-state index contributed by atoms with van der Waals surface area (Å²) in [6, 6.07) is 8.72. The molecule has 3 aromatic rings. The van der Waals surface area contributed by atoms with Gasteiger partial charge in [-0.3, -0.25) is 9.36 Å². The van der Waals surface area contributed by atoms with Gasteiger partial charge in [0.15, 0.2) is 0 Å². The van der Waals surface area contributed by atoms with Gasteiger partial charge in [-0.25, -0.2) is 9.78 Å². The van der Waals surface area contributed by atoms with Gasteiger partial charge in [0.05, 0.1) is 11.7 Å². The Morgan fingerprint density at radius 1 is 1.29 bits per heavy atom. The minimum absolute atomic E-state index is 0.186. The Morgan fingerprint density at radius 3 is 2.71 bits per heavy atom. The Labute approximate surface area is 143 Å². The summed E-state index contributed by atoms with van der Waals surface area (Å²) in [6.07, 6.45) is 1.43. The van der Waals surface area contributed by atoms with E-state index in [1.54, 1.807) is 6.92 Å². The highest BCUT2D eigenvalue weighted by atomic mass is 32.1. The number of ether oxygens (including phenoxy) is 1. The second-order valence-corrected chi connectivity index (χ2v) is 6.89. The number of aryl methyl sites for hydroxylation is 2. The Balaban J connectivity index is 1.84. The number of benzene rings is 1. The Kier molecular flexibility index (Phi) is 4.49. The monoisotopic (exact) mass is 342 g/mol. The maximum Gasteiger partial charge on any atom is 0.329 e. The van der Waals surface area contributed by atoms with Gasteiger partial charge in [0.2, 0.25) is 0 Å². The van der Waals surface area contributed by atoms with Crippen LogP contribution in [-0.4, -0.2) is 15.5 Å². The van der Waals surface area contributed by atoms with E-state index >= 15 is 0 Å². The zero-order valence-corrected chi connectivity index (χ0v) is 14.6. The summed E-state index contributed by atoms with van der Waals surface area (Å²) in [7, 11) is 0. The van der Waals surface area contributed by atoms with E-state index in [0.717, 1.165) is 16.0 Å². The van der Waals surface area contributed by atoms with Crippen molar-refractivity contribution in [2.75, 3.05) is 0 Å². The van der Waals surface area contributed by atoms with E-state index in [0.29, 0.717) is 10.2 Å². The van der Waals surface area contributed by atoms with Gasteiger partial charge >= 0.3 is 5.97 Å². The van der Waals surface area contributed by atoms with Gasteiger partial charge in [0.1, 0.15) is 17.5 Å². The molecule has 0 spiro atoms. The van der Waals surface area contributed by atoms with Crippen LogP contribution in [0.1, 0.15) is 29.0 Å². The minimum Gasteiger partial charge on any atom is -0.459 e. The van der Waals surface area contributed by atoms with Crippen molar-refractivity contribution in [3.8, 4) is 0 Å². The van der Waals surface area contributed by atoms with E-state index in [-0.39, 0.29) is 12.2 Å². The molecule has 0 aliphatic carbocycles. The molecule has 0 bridgehead atoms. The SMILES string of the molecule is Cc1sc2ncn([C@H](C)C(=O)OCc3ccccc3)c(=O)c2c1C. The molecule has 2 heterocycles. The fourth-order valence-corrected chi connectivity index (χ4v) is 3.47. The fraction of sp³-hybridized carbons (Fsp3) is 0.278. The van der Waals surface area contributed by atoms with Gasteiger partial charge in [-0.2, -0.15) is 0 Å². The van der Waals surface area contributed by atoms with Crippen molar-refractivity contribution in [1.82, 2.24) is 9.55 Å². The molecule has 5 nitrogen and oxygen atoms in total. The number of nitrogens with zero attached hydrogens (tertiary/aromatic N) is 2. The molecule has 0 aliphatic rings. The van der Waals surface area contributed by atoms with E-state index in [1.807, 2.05) is 44.2 Å².